The first kappa shape index (κ1) is 22.3. The summed E-state index contributed by atoms with van der Waals surface area (Å²) in [5.74, 6) is -0.299. The highest BCUT2D eigenvalue weighted by Gasteiger charge is 2.28. The second kappa shape index (κ2) is 9.20. The maximum absolute atomic E-state index is 12.4. The summed E-state index contributed by atoms with van der Waals surface area (Å²) >= 11 is 0. The molecule has 1 fully saturated rings. The van der Waals surface area contributed by atoms with Crippen LogP contribution in [-0.2, 0) is 4.74 Å². The first-order valence-corrected chi connectivity index (χ1v) is 10.4. The average Bonchev–Trinajstić information content (AvgIpc) is 2.72. The molecule has 4 N–H and O–H groups in total. The Morgan fingerprint density at radius 3 is 2.52 bits per heavy atom. The zero-order valence-electron chi connectivity index (χ0n) is 18.3. The minimum atomic E-state index is -0.565. The minimum absolute atomic E-state index is 0.255. The summed E-state index contributed by atoms with van der Waals surface area (Å²) in [6.07, 6.45) is 3.34. The molecule has 1 atom stereocenters. The molecule has 7 nitrogen and oxygen atoms in total. The number of nitrogen functional groups attached to an aromatic ring is 1. The molecule has 2 aromatic rings. The molecule has 0 unspecified atom stereocenters. The molecule has 0 saturated carbocycles. The van der Waals surface area contributed by atoms with Crippen LogP contribution in [-0.4, -0.2) is 41.8 Å². The third-order valence-electron chi connectivity index (χ3n) is 5.20. The highest BCUT2D eigenvalue weighted by atomic mass is 16.6. The van der Waals surface area contributed by atoms with Gasteiger partial charge in [-0.1, -0.05) is 24.3 Å². The van der Waals surface area contributed by atoms with Crippen LogP contribution in [0.3, 0.4) is 0 Å². The van der Waals surface area contributed by atoms with Crippen LogP contribution in [0.15, 0.2) is 47.5 Å². The van der Waals surface area contributed by atoms with Crippen LogP contribution >= 0.6 is 0 Å². The summed E-state index contributed by atoms with van der Waals surface area (Å²) < 4.78 is 5.52. The zero-order chi connectivity index (χ0) is 22.6. The van der Waals surface area contributed by atoms with Gasteiger partial charge in [-0.15, -0.1) is 0 Å². The molecule has 2 aromatic carbocycles. The normalized spacial score (nSPS) is 17.0. The van der Waals surface area contributed by atoms with Crippen LogP contribution in [0.4, 0.5) is 16.2 Å². The summed E-state index contributed by atoms with van der Waals surface area (Å²) in [6.45, 7) is 7.00. The fourth-order valence-electron chi connectivity index (χ4n) is 3.63. The summed E-state index contributed by atoms with van der Waals surface area (Å²) in [7, 11) is 0. The fourth-order valence-corrected chi connectivity index (χ4v) is 3.63. The molecule has 3 rings (SSSR count). The zero-order valence-corrected chi connectivity index (χ0v) is 18.3. The molecule has 1 aliphatic rings. The van der Waals surface area contributed by atoms with E-state index in [1.54, 1.807) is 29.3 Å². The Bertz CT molecular complexity index is 977. The third-order valence-corrected chi connectivity index (χ3v) is 5.20. The van der Waals surface area contributed by atoms with E-state index in [1.807, 2.05) is 45.0 Å². The number of aliphatic imine (C=N–C) groups is 1. The molecule has 1 heterocycles. The lowest BCUT2D eigenvalue weighted by molar-refractivity contribution is 0.0198. The number of rotatable bonds is 4. The molecule has 0 aromatic heterocycles. The van der Waals surface area contributed by atoms with Crippen molar-refractivity contribution in [2.45, 2.75) is 45.1 Å². The summed E-state index contributed by atoms with van der Waals surface area (Å²) in [5.41, 5.74) is 14.0. The van der Waals surface area contributed by atoms with E-state index in [1.165, 1.54) is 5.56 Å². The van der Waals surface area contributed by atoms with Crippen molar-refractivity contribution in [3.8, 4) is 0 Å². The van der Waals surface area contributed by atoms with Gasteiger partial charge in [-0.25, -0.2) is 4.79 Å². The number of hydrogen-bond donors (Lipinski definition) is 2. The van der Waals surface area contributed by atoms with Crippen LogP contribution in [0, 0.1) is 0 Å². The smallest absolute Gasteiger partial charge is 0.410 e. The number of carbonyl (C=O) groups excluding carboxylic acids is 2. The van der Waals surface area contributed by atoms with E-state index < -0.39 is 11.5 Å². The van der Waals surface area contributed by atoms with E-state index in [-0.39, 0.29) is 17.6 Å². The van der Waals surface area contributed by atoms with E-state index in [0.29, 0.717) is 17.8 Å². The number of ether oxygens (including phenoxy) is 1. The second-order valence-electron chi connectivity index (χ2n) is 8.79. The van der Waals surface area contributed by atoms with Gasteiger partial charge in [0, 0.05) is 30.8 Å². The maximum atomic E-state index is 12.4. The molecule has 0 spiro atoms. The molecule has 1 aliphatic heterocycles. The topological polar surface area (TPSA) is 111 Å². The number of benzene rings is 2. The third kappa shape index (κ3) is 5.84. The van der Waals surface area contributed by atoms with E-state index in [0.717, 1.165) is 25.1 Å². The first-order valence-electron chi connectivity index (χ1n) is 10.4. The Labute approximate surface area is 183 Å². The van der Waals surface area contributed by atoms with Gasteiger partial charge in [0.1, 0.15) is 5.60 Å². The predicted molar refractivity (Wildman–Crippen MR) is 123 cm³/mol. The lowest BCUT2D eigenvalue weighted by Gasteiger charge is -2.34. The quantitative estimate of drug-likeness (QED) is 0.567. The summed E-state index contributed by atoms with van der Waals surface area (Å²) in [4.78, 5) is 30.1. The van der Waals surface area contributed by atoms with Crippen molar-refractivity contribution >= 4 is 29.6 Å². The van der Waals surface area contributed by atoms with E-state index >= 15 is 0 Å². The molecule has 0 aliphatic carbocycles. The van der Waals surface area contributed by atoms with Gasteiger partial charge in [0.2, 0.25) is 0 Å². The van der Waals surface area contributed by atoms with Crippen molar-refractivity contribution in [2.24, 2.45) is 10.7 Å². The lowest BCUT2D eigenvalue weighted by atomic mass is 9.91. The van der Waals surface area contributed by atoms with Crippen molar-refractivity contribution in [1.82, 2.24) is 4.90 Å². The van der Waals surface area contributed by atoms with Crippen molar-refractivity contribution in [2.75, 3.05) is 18.8 Å². The van der Waals surface area contributed by atoms with Crippen LogP contribution in [0.2, 0.25) is 0 Å². The SMILES string of the molecule is CC(C)(C)OC(=O)N1CCC[C@@H](c2ccc(N=Cc3cccc(C(N)=O)c3N)cc2)C1. The highest BCUT2D eigenvalue weighted by Crippen LogP contribution is 2.29. The number of nitrogens with zero attached hydrogens (tertiary/aromatic N) is 2. The van der Waals surface area contributed by atoms with Crippen LogP contribution in [0.5, 0.6) is 0 Å². The van der Waals surface area contributed by atoms with Gasteiger partial charge < -0.3 is 21.1 Å². The summed E-state index contributed by atoms with van der Waals surface area (Å²) in [5, 5.41) is 0. The molecular formula is C24H30N4O3. The van der Waals surface area contributed by atoms with Crippen LogP contribution in [0.1, 0.15) is 61.0 Å². The van der Waals surface area contributed by atoms with Crippen molar-refractivity contribution in [3.05, 3.63) is 59.2 Å². The molecule has 0 bridgehead atoms. The maximum Gasteiger partial charge on any atom is 0.410 e. The van der Waals surface area contributed by atoms with Gasteiger partial charge in [0.25, 0.3) is 5.91 Å². The standard InChI is InChI=1S/C24H30N4O3/c1-24(2,3)31-23(30)28-13-5-7-18(15-28)16-9-11-19(12-10-16)27-14-17-6-4-8-20(21(17)25)22(26)29/h4,6,8-12,14,18H,5,7,13,15,25H2,1-3H3,(H2,26,29)/t18-/m1/s1. The van der Waals surface area contributed by atoms with E-state index in [9.17, 15) is 9.59 Å². The average molecular weight is 423 g/mol. The number of likely N-dealkylation sites (tertiary alicyclic amines) is 1. The molecule has 0 radical (unpaired) electrons. The predicted octanol–water partition coefficient (Wildman–Crippen LogP) is 4.23. The van der Waals surface area contributed by atoms with Crippen molar-refractivity contribution < 1.29 is 14.3 Å². The van der Waals surface area contributed by atoms with Gasteiger partial charge in [-0.2, -0.15) is 0 Å². The molecule has 31 heavy (non-hydrogen) atoms. The summed E-state index contributed by atoms with van der Waals surface area (Å²) in [6, 6.07) is 13.1. The van der Waals surface area contributed by atoms with Crippen molar-refractivity contribution in [1.29, 1.82) is 0 Å². The number of anilines is 1. The largest absolute Gasteiger partial charge is 0.444 e. The number of para-hydroxylation sites is 1. The van der Waals surface area contributed by atoms with Gasteiger partial charge in [0.15, 0.2) is 0 Å². The number of carbonyl (C=O) groups is 2. The molecular weight excluding hydrogens is 392 g/mol. The lowest BCUT2D eigenvalue weighted by Crippen LogP contribution is -2.42. The monoisotopic (exact) mass is 422 g/mol. The minimum Gasteiger partial charge on any atom is -0.444 e. The molecule has 164 valence electrons. The molecule has 7 heteroatoms. The van der Waals surface area contributed by atoms with E-state index in [2.05, 4.69) is 4.99 Å². The van der Waals surface area contributed by atoms with Gasteiger partial charge in [-0.3, -0.25) is 9.79 Å². The molecule has 2 amide bonds. The number of nitrogens with two attached hydrogens (primary N) is 2. The Morgan fingerprint density at radius 2 is 1.87 bits per heavy atom. The number of piperidine rings is 1. The molecule has 1 saturated heterocycles. The first-order chi connectivity index (χ1) is 14.6. The number of hydrogen-bond acceptors (Lipinski definition) is 5. The van der Waals surface area contributed by atoms with E-state index in [4.69, 9.17) is 16.2 Å². The number of amides is 2. The fraction of sp³-hybridized carbons (Fsp3) is 0.375. The van der Waals surface area contributed by atoms with Gasteiger partial charge in [0.05, 0.1) is 16.9 Å². The Hall–Kier alpha value is -3.35. The highest BCUT2D eigenvalue weighted by molar-refractivity contribution is 6.02. The Balaban J connectivity index is 1.68. The van der Waals surface area contributed by atoms with Crippen molar-refractivity contribution in [3.63, 3.8) is 0 Å². The van der Waals surface area contributed by atoms with Gasteiger partial charge in [-0.05, 0) is 57.4 Å². The van der Waals surface area contributed by atoms with Crippen LogP contribution < -0.4 is 11.5 Å². The Morgan fingerprint density at radius 1 is 1.16 bits per heavy atom. The number of primary amides is 1. The van der Waals surface area contributed by atoms with Crippen LogP contribution in [0.25, 0.3) is 0 Å². The Kier molecular flexibility index (Phi) is 6.63. The van der Waals surface area contributed by atoms with Gasteiger partial charge >= 0.3 is 6.09 Å². The second-order valence-corrected chi connectivity index (χ2v) is 8.79.